The molecule has 2 rings (SSSR count). The van der Waals surface area contributed by atoms with Gasteiger partial charge >= 0.3 is 0 Å². The van der Waals surface area contributed by atoms with Gasteiger partial charge in [0.15, 0.2) is 5.16 Å². The fourth-order valence-corrected chi connectivity index (χ4v) is 3.11. The molecule has 1 amide bonds. The van der Waals surface area contributed by atoms with Crippen LogP contribution in [0.5, 0.6) is 0 Å². The SMILES string of the molecule is CNC(=O)c1ccc(C)c(Nc2cc(N(C)CC(C)(C)C)nc(SC)n2)c1. The summed E-state index contributed by atoms with van der Waals surface area (Å²) in [5, 5.41) is 6.71. The Morgan fingerprint density at radius 1 is 1.22 bits per heavy atom. The van der Waals surface area contributed by atoms with Crippen molar-refractivity contribution in [1.82, 2.24) is 15.3 Å². The van der Waals surface area contributed by atoms with E-state index >= 15 is 0 Å². The second-order valence-corrected chi connectivity index (χ2v) is 8.52. The first-order chi connectivity index (χ1) is 12.6. The van der Waals surface area contributed by atoms with E-state index in [4.69, 9.17) is 0 Å². The summed E-state index contributed by atoms with van der Waals surface area (Å²) in [6.45, 7) is 9.48. The number of carbonyl (C=O) groups is 1. The van der Waals surface area contributed by atoms with Gasteiger partial charge in [0.05, 0.1) is 0 Å². The molecule has 27 heavy (non-hydrogen) atoms. The smallest absolute Gasteiger partial charge is 0.251 e. The first-order valence-corrected chi connectivity index (χ1v) is 10.1. The predicted octanol–water partition coefficient (Wildman–Crippen LogP) is 4.09. The highest BCUT2D eigenvalue weighted by molar-refractivity contribution is 7.98. The van der Waals surface area contributed by atoms with Crippen molar-refractivity contribution >= 4 is 35.0 Å². The molecule has 1 aromatic heterocycles. The van der Waals surface area contributed by atoms with Crippen molar-refractivity contribution in [2.24, 2.45) is 5.41 Å². The standard InChI is InChI=1S/C20H29N5OS/c1-13-8-9-14(18(26)21-5)10-15(13)22-16-11-17(24-19(23-16)27-7)25(6)12-20(2,3)4/h8-11H,12H2,1-7H3,(H,21,26)(H,22,23,24). The quantitative estimate of drug-likeness (QED) is 0.575. The molecule has 0 saturated heterocycles. The lowest BCUT2D eigenvalue weighted by Crippen LogP contribution is -2.30. The van der Waals surface area contributed by atoms with Crippen LogP contribution in [0.4, 0.5) is 17.3 Å². The minimum Gasteiger partial charge on any atom is -0.359 e. The average Bonchev–Trinajstić information content (AvgIpc) is 2.61. The van der Waals surface area contributed by atoms with E-state index in [0.29, 0.717) is 16.5 Å². The first kappa shape index (κ1) is 21.0. The monoisotopic (exact) mass is 387 g/mol. The Morgan fingerprint density at radius 3 is 2.52 bits per heavy atom. The maximum atomic E-state index is 11.9. The Hall–Kier alpha value is -2.28. The molecule has 2 N–H and O–H groups in total. The summed E-state index contributed by atoms with van der Waals surface area (Å²) >= 11 is 1.51. The maximum Gasteiger partial charge on any atom is 0.251 e. The van der Waals surface area contributed by atoms with Crippen molar-refractivity contribution in [2.75, 3.05) is 37.1 Å². The number of benzene rings is 1. The Labute approximate surface area is 166 Å². The molecule has 0 atom stereocenters. The number of amides is 1. The van der Waals surface area contributed by atoms with Gasteiger partial charge < -0.3 is 15.5 Å². The molecule has 7 heteroatoms. The molecule has 0 fully saturated rings. The fourth-order valence-electron chi connectivity index (χ4n) is 2.74. The third kappa shape index (κ3) is 5.85. The third-order valence-corrected chi connectivity index (χ3v) is 4.51. The van der Waals surface area contributed by atoms with Gasteiger partial charge in [-0.15, -0.1) is 0 Å². The van der Waals surface area contributed by atoms with Gasteiger partial charge in [-0.1, -0.05) is 38.6 Å². The van der Waals surface area contributed by atoms with Gasteiger partial charge in [0.2, 0.25) is 0 Å². The highest BCUT2D eigenvalue weighted by atomic mass is 32.2. The summed E-state index contributed by atoms with van der Waals surface area (Å²) in [5.41, 5.74) is 2.66. The topological polar surface area (TPSA) is 70.2 Å². The summed E-state index contributed by atoms with van der Waals surface area (Å²) in [7, 11) is 3.67. The van der Waals surface area contributed by atoms with Crippen LogP contribution in [0.25, 0.3) is 0 Å². The predicted molar refractivity (Wildman–Crippen MR) is 114 cm³/mol. The molecule has 0 aliphatic heterocycles. The van der Waals surface area contributed by atoms with Crippen LogP contribution in [0.3, 0.4) is 0 Å². The van der Waals surface area contributed by atoms with Gasteiger partial charge in [-0.05, 0) is 36.3 Å². The Morgan fingerprint density at radius 2 is 1.93 bits per heavy atom. The molecule has 0 radical (unpaired) electrons. The molecule has 2 aromatic rings. The lowest BCUT2D eigenvalue weighted by molar-refractivity contribution is 0.0963. The number of rotatable bonds is 6. The summed E-state index contributed by atoms with van der Waals surface area (Å²) in [6.07, 6.45) is 1.96. The van der Waals surface area contributed by atoms with E-state index in [1.54, 1.807) is 7.05 Å². The van der Waals surface area contributed by atoms with Crippen LogP contribution in [0.15, 0.2) is 29.4 Å². The third-order valence-electron chi connectivity index (χ3n) is 3.97. The highest BCUT2D eigenvalue weighted by Crippen LogP contribution is 2.26. The van der Waals surface area contributed by atoms with E-state index in [-0.39, 0.29) is 11.3 Å². The lowest BCUT2D eigenvalue weighted by Gasteiger charge is -2.27. The van der Waals surface area contributed by atoms with E-state index in [1.165, 1.54) is 11.8 Å². The molecular weight excluding hydrogens is 358 g/mol. The molecular formula is C20H29N5OS. The minimum atomic E-state index is -0.115. The van der Waals surface area contributed by atoms with Gasteiger partial charge in [0.1, 0.15) is 11.6 Å². The zero-order valence-electron chi connectivity index (χ0n) is 17.2. The van der Waals surface area contributed by atoms with E-state index in [0.717, 1.165) is 23.6 Å². The van der Waals surface area contributed by atoms with Crippen LogP contribution < -0.4 is 15.5 Å². The van der Waals surface area contributed by atoms with E-state index in [1.807, 2.05) is 44.5 Å². The number of thioether (sulfide) groups is 1. The number of hydrogen-bond donors (Lipinski definition) is 2. The molecule has 1 heterocycles. The van der Waals surface area contributed by atoms with E-state index in [9.17, 15) is 4.79 Å². The fraction of sp³-hybridized carbons (Fsp3) is 0.450. The summed E-state index contributed by atoms with van der Waals surface area (Å²) in [4.78, 5) is 23.3. The largest absolute Gasteiger partial charge is 0.359 e. The average molecular weight is 388 g/mol. The Balaban J connectivity index is 2.36. The van der Waals surface area contributed by atoms with Gasteiger partial charge in [-0.25, -0.2) is 9.97 Å². The van der Waals surface area contributed by atoms with Crippen molar-refractivity contribution in [1.29, 1.82) is 0 Å². The van der Waals surface area contributed by atoms with Gasteiger partial charge in [0, 0.05) is 38.0 Å². The summed E-state index contributed by atoms with van der Waals surface area (Å²) in [5.74, 6) is 1.46. The van der Waals surface area contributed by atoms with Crippen LogP contribution in [0.1, 0.15) is 36.7 Å². The number of nitrogens with one attached hydrogen (secondary N) is 2. The molecule has 1 aromatic carbocycles. The van der Waals surface area contributed by atoms with Crippen molar-refractivity contribution in [3.63, 3.8) is 0 Å². The van der Waals surface area contributed by atoms with Crippen LogP contribution in [-0.4, -0.2) is 42.8 Å². The first-order valence-electron chi connectivity index (χ1n) is 8.87. The maximum absolute atomic E-state index is 11.9. The minimum absolute atomic E-state index is 0.115. The van der Waals surface area contributed by atoms with Crippen LogP contribution in [0.2, 0.25) is 0 Å². The number of nitrogens with zero attached hydrogens (tertiary/aromatic N) is 3. The van der Waals surface area contributed by atoms with E-state index < -0.39 is 0 Å². The molecule has 0 aliphatic carbocycles. The van der Waals surface area contributed by atoms with Crippen LogP contribution >= 0.6 is 11.8 Å². The second-order valence-electron chi connectivity index (χ2n) is 7.75. The number of aromatic nitrogens is 2. The Kier molecular flexibility index (Phi) is 6.70. The van der Waals surface area contributed by atoms with E-state index in [2.05, 4.69) is 46.3 Å². The molecule has 146 valence electrons. The normalized spacial score (nSPS) is 11.2. The van der Waals surface area contributed by atoms with Crippen LogP contribution in [-0.2, 0) is 0 Å². The van der Waals surface area contributed by atoms with Crippen molar-refractivity contribution in [2.45, 2.75) is 32.9 Å². The summed E-state index contributed by atoms with van der Waals surface area (Å²) < 4.78 is 0. The molecule has 0 bridgehead atoms. The molecule has 6 nitrogen and oxygen atoms in total. The zero-order valence-corrected chi connectivity index (χ0v) is 18.0. The molecule has 0 aliphatic rings. The zero-order chi connectivity index (χ0) is 20.2. The Bertz CT molecular complexity index is 817. The molecule has 0 saturated carbocycles. The van der Waals surface area contributed by atoms with Gasteiger partial charge in [-0.2, -0.15) is 0 Å². The second kappa shape index (κ2) is 8.61. The van der Waals surface area contributed by atoms with Gasteiger partial charge in [-0.3, -0.25) is 4.79 Å². The number of hydrogen-bond acceptors (Lipinski definition) is 6. The molecule has 0 unspecified atom stereocenters. The van der Waals surface area contributed by atoms with Crippen LogP contribution in [0, 0.1) is 12.3 Å². The number of aryl methyl sites for hydroxylation is 1. The lowest BCUT2D eigenvalue weighted by atomic mass is 9.96. The van der Waals surface area contributed by atoms with Crippen molar-refractivity contribution in [3.8, 4) is 0 Å². The number of carbonyl (C=O) groups excluding carboxylic acids is 1. The summed E-state index contributed by atoms with van der Waals surface area (Å²) in [6, 6.07) is 7.52. The number of anilines is 3. The highest BCUT2D eigenvalue weighted by Gasteiger charge is 2.17. The van der Waals surface area contributed by atoms with Gasteiger partial charge in [0.25, 0.3) is 5.91 Å². The van der Waals surface area contributed by atoms with Crippen molar-refractivity contribution in [3.05, 3.63) is 35.4 Å². The molecule has 0 spiro atoms. The van der Waals surface area contributed by atoms with Crippen molar-refractivity contribution < 1.29 is 4.79 Å².